The van der Waals surface area contributed by atoms with Gasteiger partial charge in [-0.3, -0.25) is 20.2 Å². The van der Waals surface area contributed by atoms with Crippen LogP contribution in [-0.2, 0) is 14.4 Å². The molecule has 9 nitrogen and oxygen atoms in total. The standard InChI is InChI=1S/C16H16N2O7/c1-3-24-12-7-9(4-5-11(12)25-8(2)15(21)22)6-10-13(19)17-16(23)18-14(10)20/h4-8H,3H2,1-2H3,(H,21,22)(H2,17,18,19,20,23). The minimum atomic E-state index is -1.13. The molecule has 0 bridgehead atoms. The minimum absolute atomic E-state index is 0.214. The molecule has 132 valence electrons. The number of barbiturate groups is 1. The average Bonchev–Trinajstić information content (AvgIpc) is 2.53. The van der Waals surface area contributed by atoms with Crippen molar-refractivity contribution in [3.8, 4) is 11.5 Å². The lowest BCUT2D eigenvalue weighted by Crippen LogP contribution is -2.51. The van der Waals surface area contributed by atoms with E-state index in [0.717, 1.165) is 0 Å². The van der Waals surface area contributed by atoms with E-state index in [0.29, 0.717) is 12.2 Å². The van der Waals surface area contributed by atoms with Crippen molar-refractivity contribution in [1.29, 1.82) is 0 Å². The Balaban J connectivity index is 2.33. The van der Waals surface area contributed by atoms with Crippen LogP contribution in [0.25, 0.3) is 6.08 Å². The number of aliphatic carboxylic acids is 1. The lowest BCUT2D eigenvalue weighted by Gasteiger charge is -2.16. The van der Waals surface area contributed by atoms with Gasteiger partial charge in [-0.2, -0.15) is 0 Å². The van der Waals surface area contributed by atoms with Gasteiger partial charge in [0.05, 0.1) is 6.61 Å². The molecule has 1 aromatic carbocycles. The number of carboxylic acids is 1. The highest BCUT2D eigenvalue weighted by molar-refractivity contribution is 6.31. The number of ether oxygens (including phenoxy) is 2. The summed E-state index contributed by atoms with van der Waals surface area (Å²) in [5.74, 6) is -2.28. The smallest absolute Gasteiger partial charge is 0.344 e. The maximum atomic E-state index is 11.7. The van der Waals surface area contributed by atoms with Crippen molar-refractivity contribution in [2.75, 3.05) is 6.61 Å². The molecule has 1 aliphatic rings. The van der Waals surface area contributed by atoms with Gasteiger partial charge in [-0.1, -0.05) is 6.07 Å². The van der Waals surface area contributed by atoms with E-state index in [1.807, 2.05) is 10.6 Å². The Morgan fingerprint density at radius 3 is 2.40 bits per heavy atom. The van der Waals surface area contributed by atoms with Gasteiger partial charge < -0.3 is 14.6 Å². The zero-order valence-corrected chi connectivity index (χ0v) is 13.5. The van der Waals surface area contributed by atoms with E-state index in [9.17, 15) is 19.2 Å². The van der Waals surface area contributed by atoms with Gasteiger partial charge >= 0.3 is 12.0 Å². The van der Waals surface area contributed by atoms with Crippen molar-refractivity contribution in [3.05, 3.63) is 29.3 Å². The molecule has 0 saturated carbocycles. The molecule has 1 saturated heterocycles. The lowest BCUT2D eigenvalue weighted by atomic mass is 10.1. The van der Waals surface area contributed by atoms with Crippen LogP contribution in [0.15, 0.2) is 23.8 Å². The Morgan fingerprint density at radius 2 is 1.84 bits per heavy atom. The third kappa shape index (κ3) is 4.34. The topological polar surface area (TPSA) is 131 Å². The number of imide groups is 2. The van der Waals surface area contributed by atoms with Crippen LogP contribution >= 0.6 is 0 Å². The average molecular weight is 348 g/mol. The molecule has 1 atom stereocenters. The second kappa shape index (κ2) is 7.47. The molecule has 1 aliphatic heterocycles. The van der Waals surface area contributed by atoms with Crippen LogP contribution in [0.3, 0.4) is 0 Å². The summed E-state index contributed by atoms with van der Waals surface area (Å²) in [7, 11) is 0. The Kier molecular flexibility index (Phi) is 5.38. The van der Waals surface area contributed by atoms with Crippen LogP contribution in [0.4, 0.5) is 4.79 Å². The van der Waals surface area contributed by atoms with Crippen molar-refractivity contribution < 1.29 is 33.8 Å². The first-order valence-corrected chi connectivity index (χ1v) is 7.36. The number of carbonyl (C=O) groups excluding carboxylic acids is 3. The fraction of sp³-hybridized carbons (Fsp3) is 0.250. The molecule has 1 unspecified atom stereocenters. The van der Waals surface area contributed by atoms with Crippen molar-refractivity contribution >= 4 is 29.9 Å². The second-order valence-corrected chi connectivity index (χ2v) is 5.03. The van der Waals surface area contributed by atoms with Crippen LogP contribution < -0.4 is 20.1 Å². The molecule has 9 heteroatoms. The molecule has 0 spiro atoms. The molecule has 0 radical (unpaired) electrons. The van der Waals surface area contributed by atoms with Gasteiger partial charge in [0, 0.05) is 0 Å². The van der Waals surface area contributed by atoms with E-state index >= 15 is 0 Å². The zero-order valence-electron chi connectivity index (χ0n) is 13.5. The second-order valence-electron chi connectivity index (χ2n) is 5.03. The van der Waals surface area contributed by atoms with Gasteiger partial charge in [-0.15, -0.1) is 0 Å². The molecule has 25 heavy (non-hydrogen) atoms. The molecule has 1 aromatic rings. The highest BCUT2D eigenvalue weighted by Gasteiger charge is 2.27. The van der Waals surface area contributed by atoms with Crippen molar-refractivity contribution in [1.82, 2.24) is 10.6 Å². The summed E-state index contributed by atoms with van der Waals surface area (Å²) in [6.45, 7) is 3.41. The first-order chi connectivity index (χ1) is 11.8. The molecule has 2 rings (SSSR count). The summed E-state index contributed by atoms with van der Waals surface area (Å²) in [5.41, 5.74) is 0.197. The minimum Gasteiger partial charge on any atom is -0.490 e. The van der Waals surface area contributed by atoms with Crippen LogP contribution in [0, 0.1) is 0 Å². The van der Waals surface area contributed by atoms with Crippen molar-refractivity contribution in [2.24, 2.45) is 0 Å². The summed E-state index contributed by atoms with van der Waals surface area (Å²) in [4.78, 5) is 45.4. The normalized spacial score (nSPS) is 15.1. The maximum absolute atomic E-state index is 11.7. The van der Waals surface area contributed by atoms with E-state index in [-0.39, 0.29) is 17.1 Å². The fourth-order valence-electron chi connectivity index (χ4n) is 1.99. The highest BCUT2D eigenvalue weighted by Crippen LogP contribution is 2.30. The fourth-order valence-corrected chi connectivity index (χ4v) is 1.99. The van der Waals surface area contributed by atoms with Gasteiger partial charge in [0.2, 0.25) is 0 Å². The van der Waals surface area contributed by atoms with Crippen LogP contribution in [0.5, 0.6) is 11.5 Å². The molecule has 1 fully saturated rings. The van der Waals surface area contributed by atoms with Crippen LogP contribution in [0.1, 0.15) is 19.4 Å². The molecule has 4 amide bonds. The summed E-state index contributed by atoms with van der Waals surface area (Å²) >= 11 is 0. The summed E-state index contributed by atoms with van der Waals surface area (Å²) in [6, 6.07) is 3.61. The van der Waals surface area contributed by atoms with E-state index < -0.39 is 29.9 Å². The zero-order chi connectivity index (χ0) is 18.6. The summed E-state index contributed by atoms with van der Waals surface area (Å²) in [5, 5.41) is 12.9. The van der Waals surface area contributed by atoms with Gasteiger partial charge in [0.25, 0.3) is 11.8 Å². The largest absolute Gasteiger partial charge is 0.490 e. The number of hydrogen-bond donors (Lipinski definition) is 3. The van der Waals surface area contributed by atoms with Gasteiger partial charge in [-0.25, -0.2) is 9.59 Å². The monoisotopic (exact) mass is 348 g/mol. The number of rotatable bonds is 6. The van der Waals surface area contributed by atoms with Crippen molar-refractivity contribution in [3.63, 3.8) is 0 Å². The first kappa shape index (κ1) is 18.0. The number of nitrogens with one attached hydrogen (secondary N) is 2. The molecule has 0 aromatic heterocycles. The Hall–Kier alpha value is -3.36. The summed E-state index contributed by atoms with van der Waals surface area (Å²) < 4.78 is 10.7. The third-order valence-corrected chi connectivity index (χ3v) is 3.17. The SMILES string of the molecule is CCOc1cc(C=C2C(=O)NC(=O)NC2=O)ccc1OC(C)C(=O)O. The highest BCUT2D eigenvalue weighted by atomic mass is 16.5. The number of amides is 4. The van der Waals surface area contributed by atoms with E-state index in [4.69, 9.17) is 14.6 Å². The Bertz CT molecular complexity index is 748. The molecular weight excluding hydrogens is 332 g/mol. The van der Waals surface area contributed by atoms with Gasteiger partial charge in [0.1, 0.15) is 5.57 Å². The molecule has 3 N–H and O–H groups in total. The van der Waals surface area contributed by atoms with E-state index in [2.05, 4.69) is 0 Å². The first-order valence-electron chi connectivity index (χ1n) is 7.36. The van der Waals surface area contributed by atoms with Crippen LogP contribution in [-0.4, -0.2) is 41.6 Å². The quantitative estimate of drug-likeness (QED) is 0.509. The summed E-state index contributed by atoms with van der Waals surface area (Å²) in [6.07, 6.45) is 0.202. The number of carbonyl (C=O) groups is 4. The third-order valence-electron chi connectivity index (χ3n) is 3.17. The number of hydrogen-bond acceptors (Lipinski definition) is 6. The Morgan fingerprint density at radius 1 is 1.20 bits per heavy atom. The number of carboxylic acid groups (broad SMARTS) is 1. The molecular formula is C16H16N2O7. The van der Waals surface area contributed by atoms with Gasteiger partial charge in [-0.05, 0) is 37.6 Å². The maximum Gasteiger partial charge on any atom is 0.344 e. The van der Waals surface area contributed by atoms with Crippen molar-refractivity contribution in [2.45, 2.75) is 20.0 Å². The van der Waals surface area contributed by atoms with E-state index in [1.54, 1.807) is 6.92 Å². The van der Waals surface area contributed by atoms with E-state index in [1.165, 1.54) is 31.2 Å². The predicted octanol–water partition coefficient (Wildman–Crippen LogP) is 0.687. The number of urea groups is 1. The molecule has 0 aliphatic carbocycles. The molecule has 1 heterocycles. The Labute approximate surface area is 142 Å². The predicted molar refractivity (Wildman–Crippen MR) is 85.0 cm³/mol. The van der Waals surface area contributed by atoms with Crippen LogP contribution in [0.2, 0.25) is 0 Å². The van der Waals surface area contributed by atoms with Gasteiger partial charge in [0.15, 0.2) is 17.6 Å². The lowest BCUT2D eigenvalue weighted by molar-refractivity contribution is -0.144. The number of benzene rings is 1.